The number of aromatic nitrogens is 3. The molecule has 1 aliphatic carbocycles. The molecule has 2 aromatic heterocycles. The van der Waals surface area contributed by atoms with Gasteiger partial charge in [0.1, 0.15) is 0 Å². The van der Waals surface area contributed by atoms with E-state index in [9.17, 15) is 15.2 Å². The third-order valence-corrected chi connectivity index (χ3v) is 7.93. The third-order valence-electron chi connectivity index (χ3n) is 7.93. The number of hydrogen-bond donors (Lipinski definition) is 2. The molecule has 2 heterocycles. The predicted molar refractivity (Wildman–Crippen MR) is 141 cm³/mol. The lowest BCUT2D eigenvalue weighted by Gasteiger charge is -2.42. The van der Waals surface area contributed by atoms with Crippen LogP contribution in [0.4, 0.5) is 0 Å². The fourth-order valence-electron chi connectivity index (χ4n) is 5.68. The van der Waals surface area contributed by atoms with Crippen LogP contribution in [0.5, 0.6) is 0 Å². The second-order valence-corrected chi connectivity index (χ2v) is 10.0. The van der Waals surface area contributed by atoms with Gasteiger partial charge in [-0.1, -0.05) is 24.6 Å². The Bertz CT molecular complexity index is 1700. The molecule has 0 unspecified atom stereocenters. The quantitative estimate of drug-likeness (QED) is 0.292. The molecular formula is C30H26N4O2. The van der Waals surface area contributed by atoms with Crippen molar-refractivity contribution in [2.75, 3.05) is 0 Å². The van der Waals surface area contributed by atoms with Gasteiger partial charge in [-0.05, 0) is 79.8 Å². The van der Waals surface area contributed by atoms with Crippen LogP contribution in [0.25, 0.3) is 38.6 Å². The molecule has 0 aliphatic heterocycles. The Labute approximate surface area is 208 Å². The van der Waals surface area contributed by atoms with Gasteiger partial charge in [0.2, 0.25) is 0 Å². The van der Waals surface area contributed by atoms with Crippen LogP contribution in [-0.2, 0) is 5.41 Å². The summed E-state index contributed by atoms with van der Waals surface area (Å²) in [6.45, 7) is 4.24. The highest BCUT2D eigenvalue weighted by Gasteiger charge is 2.44. The Morgan fingerprint density at radius 2 is 1.89 bits per heavy atom. The van der Waals surface area contributed by atoms with E-state index in [2.05, 4.69) is 65.0 Å². The number of benzene rings is 3. The molecule has 1 aliphatic rings. The minimum atomic E-state index is -0.946. The smallest absolute Gasteiger partial charge is 0.335 e. The Balaban J connectivity index is 1.77. The van der Waals surface area contributed by atoms with Crippen molar-refractivity contribution in [3.8, 4) is 22.9 Å². The monoisotopic (exact) mass is 474 g/mol. The summed E-state index contributed by atoms with van der Waals surface area (Å²) in [5, 5.41) is 28.8. The van der Waals surface area contributed by atoms with Gasteiger partial charge in [0.05, 0.1) is 28.9 Å². The zero-order chi connectivity index (χ0) is 25.0. The Morgan fingerprint density at radius 1 is 1.11 bits per heavy atom. The number of carboxylic acid groups (broad SMARTS) is 1. The average molecular weight is 475 g/mol. The first-order valence-electron chi connectivity index (χ1n) is 12.2. The van der Waals surface area contributed by atoms with Gasteiger partial charge in [0.25, 0.3) is 0 Å². The first-order valence-corrected chi connectivity index (χ1v) is 12.2. The second-order valence-electron chi connectivity index (χ2n) is 10.0. The molecule has 3 aromatic carbocycles. The topological polar surface area (TPSA) is 94.7 Å². The molecule has 178 valence electrons. The van der Waals surface area contributed by atoms with Crippen molar-refractivity contribution in [3.63, 3.8) is 0 Å². The van der Waals surface area contributed by atoms with Gasteiger partial charge in [-0.15, -0.1) is 0 Å². The highest BCUT2D eigenvalue weighted by atomic mass is 16.4. The van der Waals surface area contributed by atoms with E-state index in [0.29, 0.717) is 6.42 Å². The van der Waals surface area contributed by atoms with Gasteiger partial charge in [0, 0.05) is 39.6 Å². The zero-order valence-electron chi connectivity index (χ0n) is 20.3. The molecule has 0 bridgehead atoms. The predicted octanol–water partition coefficient (Wildman–Crippen LogP) is 6.82. The fraction of sp³-hybridized carbons (Fsp3) is 0.233. The maximum atomic E-state index is 11.5. The molecule has 36 heavy (non-hydrogen) atoms. The average Bonchev–Trinajstić information content (AvgIpc) is 3.43. The number of nitrogens with zero attached hydrogens (tertiary/aromatic N) is 3. The minimum absolute atomic E-state index is 0.254. The van der Waals surface area contributed by atoms with Crippen molar-refractivity contribution in [2.24, 2.45) is 0 Å². The summed E-state index contributed by atoms with van der Waals surface area (Å²) >= 11 is 0. The first-order chi connectivity index (χ1) is 17.4. The highest BCUT2D eigenvalue weighted by Crippen LogP contribution is 2.53. The zero-order valence-corrected chi connectivity index (χ0v) is 20.3. The molecule has 5 aromatic rings. The third kappa shape index (κ3) is 3.24. The molecule has 0 saturated heterocycles. The molecular weight excluding hydrogens is 448 g/mol. The van der Waals surface area contributed by atoms with Gasteiger partial charge >= 0.3 is 5.97 Å². The van der Waals surface area contributed by atoms with Crippen LogP contribution in [0, 0.1) is 25.2 Å². The first kappa shape index (κ1) is 22.1. The maximum Gasteiger partial charge on any atom is 0.335 e. The SMILES string of the molecule is Cc1ccc(-n2c(C3(CC#N)CCC3)c(-c3ccc(C(=O)O)cc3)c3cc4[nH]ncc4cc32)cc1C. The molecule has 1 fully saturated rings. The summed E-state index contributed by atoms with van der Waals surface area (Å²) < 4.78 is 2.34. The van der Waals surface area contributed by atoms with Crippen LogP contribution in [0.2, 0.25) is 0 Å². The van der Waals surface area contributed by atoms with Gasteiger partial charge in [-0.3, -0.25) is 5.10 Å². The Kier molecular flexibility index (Phi) is 4.97. The number of aromatic amines is 1. The normalized spacial score (nSPS) is 14.6. The molecule has 0 radical (unpaired) electrons. The Morgan fingerprint density at radius 3 is 2.53 bits per heavy atom. The standard InChI is InChI=1S/C30H26N4O2/c1-18-4-9-23(14-19(18)2)34-26-15-22-17-32-33-25(22)16-24(26)27(20-5-7-21(8-6-20)29(35)36)28(34)30(12-13-31)10-3-11-30/h4-9,14-17H,3,10-12H2,1-2H3,(H,32,33)(H,35,36). The Hall–Kier alpha value is -4.37. The minimum Gasteiger partial charge on any atom is -0.478 e. The van der Waals surface area contributed by atoms with E-state index in [4.69, 9.17) is 0 Å². The fourth-order valence-corrected chi connectivity index (χ4v) is 5.68. The van der Waals surface area contributed by atoms with E-state index in [1.165, 1.54) is 11.1 Å². The van der Waals surface area contributed by atoms with E-state index in [1.54, 1.807) is 12.1 Å². The molecule has 6 nitrogen and oxygen atoms in total. The van der Waals surface area contributed by atoms with Crippen molar-refractivity contribution in [1.29, 1.82) is 5.26 Å². The van der Waals surface area contributed by atoms with E-state index in [1.807, 2.05) is 18.3 Å². The van der Waals surface area contributed by atoms with Crippen molar-refractivity contribution >= 4 is 27.8 Å². The molecule has 6 rings (SSSR count). The number of hydrogen-bond acceptors (Lipinski definition) is 3. The molecule has 0 spiro atoms. The maximum absolute atomic E-state index is 11.5. The van der Waals surface area contributed by atoms with Gasteiger partial charge in [0.15, 0.2) is 0 Å². The lowest BCUT2D eigenvalue weighted by molar-refractivity contribution is 0.0697. The van der Waals surface area contributed by atoms with Crippen molar-refractivity contribution in [1.82, 2.24) is 14.8 Å². The van der Waals surface area contributed by atoms with Crippen LogP contribution in [0.15, 0.2) is 60.8 Å². The van der Waals surface area contributed by atoms with Crippen LogP contribution < -0.4 is 0 Å². The lowest BCUT2D eigenvalue weighted by Crippen LogP contribution is -2.36. The number of aromatic carboxylic acids is 1. The van der Waals surface area contributed by atoms with Crippen molar-refractivity contribution in [2.45, 2.75) is 44.9 Å². The number of nitriles is 1. The summed E-state index contributed by atoms with van der Waals surface area (Å²) in [7, 11) is 0. The van der Waals surface area contributed by atoms with Crippen molar-refractivity contribution in [3.05, 3.63) is 83.2 Å². The number of aryl methyl sites for hydroxylation is 2. The summed E-state index contributed by atoms with van der Waals surface area (Å²) in [6, 6.07) is 20.4. The number of rotatable bonds is 5. The highest BCUT2D eigenvalue weighted by molar-refractivity contribution is 6.06. The number of nitrogens with one attached hydrogen (secondary N) is 1. The van der Waals surface area contributed by atoms with E-state index in [0.717, 1.165) is 63.6 Å². The van der Waals surface area contributed by atoms with Gasteiger partial charge < -0.3 is 9.67 Å². The number of carboxylic acids is 1. The molecule has 1 saturated carbocycles. The molecule has 0 atom stereocenters. The van der Waals surface area contributed by atoms with Crippen LogP contribution >= 0.6 is 0 Å². The largest absolute Gasteiger partial charge is 0.478 e. The molecule has 0 amide bonds. The van der Waals surface area contributed by atoms with E-state index >= 15 is 0 Å². The summed E-state index contributed by atoms with van der Waals surface area (Å²) in [5.41, 5.74) is 8.65. The van der Waals surface area contributed by atoms with Crippen LogP contribution in [-0.4, -0.2) is 25.8 Å². The van der Waals surface area contributed by atoms with E-state index in [-0.39, 0.29) is 11.0 Å². The summed E-state index contributed by atoms with van der Waals surface area (Å²) in [6.07, 6.45) is 5.25. The lowest BCUT2D eigenvalue weighted by atomic mass is 9.63. The van der Waals surface area contributed by atoms with E-state index < -0.39 is 5.97 Å². The second kappa shape index (κ2) is 8.10. The van der Waals surface area contributed by atoms with Crippen LogP contribution in [0.1, 0.15) is 52.9 Å². The summed E-state index contributed by atoms with van der Waals surface area (Å²) in [5.74, 6) is -0.946. The van der Waals surface area contributed by atoms with Gasteiger partial charge in [-0.2, -0.15) is 10.4 Å². The van der Waals surface area contributed by atoms with Crippen molar-refractivity contribution < 1.29 is 9.90 Å². The number of carbonyl (C=O) groups is 1. The molecule has 2 N–H and O–H groups in total. The van der Waals surface area contributed by atoms with Gasteiger partial charge in [-0.25, -0.2) is 4.79 Å². The van der Waals surface area contributed by atoms with Crippen LogP contribution in [0.3, 0.4) is 0 Å². The summed E-state index contributed by atoms with van der Waals surface area (Å²) in [4.78, 5) is 11.5. The number of fused-ring (bicyclic) bond motifs is 2. The molecule has 6 heteroatoms. The number of H-pyrrole nitrogens is 1.